The fourth-order valence-corrected chi connectivity index (χ4v) is 4.00. The predicted molar refractivity (Wildman–Crippen MR) is 140 cm³/mol. The van der Waals surface area contributed by atoms with Crippen LogP contribution < -0.4 is 20.1 Å². The molecule has 3 aromatic carbocycles. The summed E-state index contributed by atoms with van der Waals surface area (Å²) in [6, 6.07) is 20.6. The summed E-state index contributed by atoms with van der Waals surface area (Å²) >= 11 is 0. The van der Waals surface area contributed by atoms with E-state index in [4.69, 9.17) is 14.0 Å². The molecule has 0 amide bonds. The number of aromatic nitrogens is 4. The Hall–Kier alpha value is -4.99. The maximum Gasteiger partial charge on any atom is 0.258 e. The minimum atomic E-state index is -0.599. The van der Waals surface area contributed by atoms with Crippen LogP contribution >= 0.6 is 0 Å². The molecule has 190 valence electrons. The Labute approximate surface area is 217 Å². The molecule has 0 bridgehead atoms. The maximum absolute atomic E-state index is 14.6. The van der Waals surface area contributed by atoms with Gasteiger partial charge in [0.25, 0.3) is 5.89 Å². The molecule has 3 heterocycles. The van der Waals surface area contributed by atoms with Gasteiger partial charge >= 0.3 is 0 Å². The third-order valence-corrected chi connectivity index (χ3v) is 5.79. The number of anilines is 4. The molecule has 0 saturated heterocycles. The van der Waals surface area contributed by atoms with Gasteiger partial charge in [-0.3, -0.25) is 0 Å². The normalized spacial score (nSPS) is 11.9. The van der Waals surface area contributed by atoms with Gasteiger partial charge in [-0.05, 0) is 50.2 Å². The maximum atomic E-state index is 14.6. The molecule has 0 fully saturated rings. The second-order valence-electron chi connectivity index (χ2n) is 8.88. The molecule has 0 aliphatic carbocycles. The van der Waals surface area contributed by atoms with Crippen molar-refractivity contribution in [1.82, 2.24) is 20.1 Å². The Kier molecular flexibility index (Phi) is 6.04. The number of benzene rings is 3. The quantitative estimate of drug-likeness (QED) is 0.242. The third kappa shape index (κ3) is 4.71. The summed E-state index contributed by atoms with van der Waals surface area (Å²) in [5.41, 5.74) is 3.82. The summed E-state index contributed by atoms with van der Waals surface area (Å²) < 4.78 is 31.5. The van der Waals surface area contributed by atoms with Crippen molar-refractivity contribution in [2.45, 2.75) is 26.6 Å². The van der Waals surface area contributed by atoms with E-state index in [1.165, 1.54) is 0 Å². The number of ether oxygens (including phenoxy) is 2. The van der Waals surface area contributed by atoms with Gasteiger partial charge in [-0.15, -0.1) is 0 Å². The van der Waals surface area contributed by atoms with Crippen LogP contribution in [0.4, 0.5) is 27.5 Å². The number of fused-ring (bicyclic) bond motifs is 1. The molecule has 9 nitrogen and oxygen atoms in total. The summed E-state index contributed by atoms with van der Waals surface area (Å²) in [5.74, 6) is 1.87. The average Bonchev–Trinajstić information content (AvgIpc) is 3.39. The molecule has 0 unspecified atom stereocenters. The Bertz CT molecular complexity index is 1590. The highest BCUT2D eigenvalue weighted by Crippen LogP contribution is 2.44. The van der Waals surface area contributed by atoms with Crippen LogP contribution in [-0.4, -0.2) is 26.2 Å². The van der Waals surface area contributed by atoms with E-state index in [0.717, 1.165) is 34.3 Å². The SMILES string of the molecule is CC(C)Oc1ccc(Nc2ncc(F)c(Nc3ccc(-c4nc(-c5ccccc5)no4)c4c3OC4)n2)cc1. The highest BCUT2D eigenvalue weighted by Gasteiger charge is 2.27. The highest BCUT2D eigenvalue weighted by molar-refractivity contribution is 5.77. The molecule has 6 rings (SSSR count). The minimum Gasteiger partial charge on any atom is -0.491 e. The van der Waals surface area contributed by atoms with E-state index in [1.54, 1.807) is 6.07 Å². The predicted octanol–water partition coefficient (Wildman–Crippen LogP) is 6.50. The molecule has 0 radical (unpaired) electrons. The van der Waals surface area contributed by atoms with Gasteiger partial charge in [-0.25, -0.2) is 9.37 Å². The molecule has 5 aromatic rings. The number of nitrogens with one attached hydrogen (secondary N) is 2. The van der Waals surface area contributed by atoms with Crippen LogP contribution in [-0.2, 0) is 6.61 Å². The van der Waals surface area contributed by atoms with Gasteiger partial charge in [0.05, 0.1) is 23.6 Å². The van der Waals surface area contributed by atoms with E-state index in [0.29, 0.717) is 29.8 Å². The molecular formula is C28H23FN6O3. The number of nitrogens with zero attached hydrogens (tertiary/aromatic N) is 4. The van der Waals surface area contributed by atoms with E-state index >= 15 is 0 Å². The zero-order valence-corrected chi connectivity index (χ0v) is 20.6. The Morgan fingerprint density at radius 3 is 2.50 bits per heavy atom. The minimum absolute atomic E-state index is 0.0110. The average molecular weight is 511 g/mol. The van der Waals surface area contributed by atoms with E-state index in [1.807, 2.05) is 74.5 Å². The fourth-order valence-electron chi connectivity index (χ4n) is 4.00. The molecular weight excluding hydrogens is 487 g/mol. The van der Waals surface area contributed by atoms with Gasteiger partial charge in [0.2, 0.25) is 11.8 Å². The first-order chi connectivity index (χ1) is 18.5. The van der Waals surface area contributed by atoms with Gasteiger partial charge < -0.3 is 24.6 Å². The van der Waals surface area contributed by atoms with Crippen LogP contribution in [0.25, 0.3) is 22.8 Å². The number of halogens is 1. The van der Waals surface area contributed by atoms with Crippen molar-refractivity contribution in [2.24, 2.45) is 0 Å². The zero-order chi connectivity index (χ0) is 26.1. The standard InChI is InChI=1S/C28H23FN6O3/c1-16(2)37-19-10-8-18(9-11-19)31-28-30-14-22(29)26(34-28)32-23-13-12-20(21-15-36-24(21)23)27-33-25(35-38-27)17-6-4-3-5-7-17/h3-14,16H,15H2,1-2H3,(H2,30,31,32,34). The van der Waals surface area contributed by atoms with Gasteiger partial charge in [-0.2, -0.15) is 9.97 Å². The first-order valence-electron chi connectivity index (χ1n) is 12.0. The van der Waals surface area contributed by atoms with Crippen molar-refractivity contribution in [2.75, 3.05) is 10.6 Å². The van der Waals surface area contributed by atoms with Crippen molar-refractivity contribution in [1.29, 1.82) is 0 Å². The van der Waals surface area contributed by atoms with Crippen LogP contribution in [0.3, 0.4) is 0 Å². The first kappa shape index (κ1) is 23.4. The summed E-state index contributed by atoms with van der Waals surface area (Å²) in [7, 11) is 0. The van der Waals surface area contributed by atoms with Crippen LogP contribution in [0.2, 0.25) is 0 Å². The molecule has 10 heteroatoms. The fraction of sp³-hybridized carbons (Fsp3) is 0.143. The lowest BCUT2D eigenvalue weighted by molar-refractivity contribution is 0.242. The third-order valence-electron chi connectivity index (χ3n) is 5.79. The lowest BCUT2D eigenvalue weighted by Crippen LogP contribution is -2.14. The van der Waals surface area contributed by atoms with Gasteiger partial charge in [0, 0.05) is 16.8 Å². The number of rotatable bonds is 8. The molecule has 1 aliphatic rings. The van der Waals surface area contributed by atoms with Crippen molar-refractivity contribution >= 4 is 23.1 Å². The second-order valence-corrected chi connectivity index (χ2v) is 8.88. The lowest BCUT2D eigenvalue weighted by Gasteiger charge is -2.25. The molecule has 0 spiro atoms. The Morgan fingerprint density at radius 1 is 0.947 bits per heavy atom. The van der Waals surface area contributed by atoms with Crippen molar-refractivity contribution in [3.63, 3.8) is 0 Å². The summed E-state index contributed by atoms with van der Waals surface area (Å²) in [4.78, 5) is 12.9. The van der Waals surface area contributed by atoms with E-state index in [2.05, 4.69) is 30.7 Å². The largest absolute Gasteiger partial charge is 0.491 e. The zero-order valence-electron chi connectivity index (χ0n) is 20.6. The first-order valence-corrected chi connectivity index (χ1v) is 12.0. The summed E-state index contributed by atoms with van der Waals surface area (Å²) in [6.45, 7) is 4.30. The van der Waals surface area contributed by atoms with E-state index in [-0.39, 0.29) is 17.9 Å². The van der Waals surface area contributed by atoms with Crippen LogP contribution in [0.1, 0.15) is 19.4 Å². The second kappa shape index (κ2) is 9.81. The van der Waals surface area contributed by atoms with E-state index in [9.17, 15) is 4.39 Å². The molecule has 2 aromatic heterocycles. The van der Waals surface area contributed by atoms with Crippen LogP contribution in [0.15, 0.2) is 77.4 Å². The Morgan fingerprint density at radius 2 is 1.76 bits per heavy atom. The monoisotopic (exact) mass is 510 g/mol. The summed E-state index contributed by atoms with van der Waals surface area (Å²) in [5, 5.41) is 10.2. The Balaban J connectivity index is 1.21. The van der Waals surface area contributed by atoms with Crippen molar-refractivity contribution in [3.05, 3.63) is 84.3 Å². The number of hydrogen-bond donors (Lipinski definition) is 2. The topological polar surface area (TPSA) is 107 Å². The summed E-state index contributed by atoms with van der Waals surface area (Å²) in [6.07, 6.45) is 1.19. The molecule has 0 atom stereocenters. The van der Waals surface area contributed by atoms with Gasteiger partial charge in [0.15, 0.2) is 17.4 Å². The van der Waals surface area contributed by atoms with Crippen LogP contribution in [0, 0.1) is 5.82 Å². The molecule has 0 saturated carbocycles. The lowest BCUT2D eigenvalue weighted by atomic mass is 10.0. The molecule has 1 aliphatic heterocycles. The van der Waals surface area contributed by atoms with Gasteiger partial charge in [0.1, 0.15) is 12.4 Å². The number of hydrogen-bond acceptors (Lipinski definition) is 9. The molecule has 38 heavy (non-hydrogen) atoms. The highest BCUT2D eigenvalue weighted by atomic mass is 19.1. The molecule has 2 N–H and O–H groups in total. The smallest absolute Gasteiger partial charge is 0.258 e. The van der Waals surface area contributed by atoms with Crippen molar-refractivity contribution < 1.29 is 18.4 Å². The van der Waals surface area contributed by atoms with E-state index < -0.39 is 5.82 Å². The van der Waals surface area contributed by atoms with Crippen molar-refractivity contribution in [3.8, 4) is 34.3 Å². The van der Waals surface area contributed by atoms with Gasteiger partial charge in [-0.1, -0.05) is 35.5 Å². The van der Waals surface area contributed by atoms with Crippen LogP contribution in [0.5, 0.6) is 11.5 Å².